The molecule has 0 heterocycles. The molecule has 1 rings (SSSR count). The first kappa shape index (κ1) is 18.4. The quantitative estimate of drug-likeness (QED) is 0.505. The first-order valence-electron chi connectivity index (χ1n) is 8.65. The summed E-state index contributed by atoms with van der Waals surface area (Å²) in [6.07, 6.45) is 11.2. The summed E-state index contributed by atoms with van der Waals surface area (Å²) in [4.78, 5) is 2.26. The maximum Gasteiger partial charge on any atom is -0.00127 e. The summed E-state index contributed by atoms with van der Waals surface area (Å²) in [5.41, 5.74) is 3.13. The van der Waals surface area contributed by atoms with Crippen LogP contribution in [-0.4, -0.2) is 38.6 Å². The van der Waals surface area contributed by atoms with Crippen LogP contribution in [0.15, 0.2) is 23.3 Å². The van der Waals surface area contributed by atoms with Crippen LogP contribution in [0.3, 0.4) is 0 Å². The Bertz CT molecular complexity index is 337. The lowest BCUT2D eigenvalue weighted by molar-refractivity contribution is 0.316. The summed E-state index contributed by atoms with van der Waals surface area (Å²) >= 11 is 0. The lowest BCUT2D eigenvalue weighted by Crippen LogP contribution is -2.30. The van der Waals surface area contributed by atoms with Crippen LogP contribution in [0.4, 0.5) is 0 Å². The molecule has 0 amide bonds. The van der Waals surface area contributed by atoms with Crippen LogP contribution in [0.1, 0.15) is 52.9 Å². The van der Waals surface area contributed by atoms with Crippen molar-refractivity contribution in [3.05, 3.63) is 23.3 Å². The van der Waals surface area contributed by atoms with Gasteiger partial charge in [-0.15, -0.1) is 0 Å². The fourth-order valence-electron chi connectivity index (χ4n) is 3.06. The van der Waals surface area contributed by atoms with Crippen LogP contribution >= 0.6 is 0 Å². The maximum atomic E-state index is 3.65. The monoisotopic (exact) mass is 292 g/mol. The maximum absolute atomic E-state index is 3.65. The van der Waals surface area contributed by atoms with Crippen molar-refractivity contribution in [2.24, 2.45) is 11.8 Å². The average molecular weight is 293 g/mol. The van der Waals surface area contributed by atoms with E-state index in [-0.39, 0.29) is 0 Å². The molecule has 2 atom stereocenters. The first-order valence-corrected chi connectivity index (χ1v) is 8.65. The summed E-state index contributed by atoms with van der Waals surface area (Å²) in [6, 6.07) is 0. The van der Waals surface area contributed by atoms with Gasteiger partial charge in [0.1, 0.15) is 0 Å². The molecule has 0 aromatic rings. The Balaban J connectivity index is 2.21. The molecule has 0 saturated carbocycles. The fraction of sp³-hybridized carbons (Fsp3) is 0.789. The zero-order valence-corrected chi connectivity index (χ0v) is 14.9. The smallest absolute Gasteiger partial charge is 0.00127 e. The lowest BCUT2D eigenvalue weighted by Gasteiger charge is -2.29. The topological polar surface area (TPSA) is 15.3 Å². The van der Waals surface area contributed by atoms with Gasteiger partial charge in [0.25, 0.3) is 0 Å². The summed E-state index contributed by atoms with van der Waals surface area (Å²) in [5, 5.41) is 3.65. The van der Waals surface area contributed by atoms with E-state index < -0.39 is 0 Å². The molecule has 2 heteroatoms. The second-order valence-corrected chi connectivity index (χ2v) is 7.22. The van der Waals surface area contributed by atoms with Crippen LogP contribution in [0.5, 0.6) is 0 Å². The molecule has 122 valence electrons. The van der Waals surface area contributed by atoms with Gasteiger partial charge < -0.3 is 10.2 Å². The molecule has 0 aromatic carbocycles. The van der Waals surface area contributed by atoms with E-state index in [2.05, 4.69) is 57.2 Å². The highest BCUT2D eigenvalue weighted by Crippen LogP contribution is 2.31. The molecule has 2 nitrogen and oxygen atoms in total. The third-order valence-electron chi connectivity index (χ3n) is 4.48. The van der Waals surface area contributed by atoms with Gasteiger partial charge in [-0.2, -0.15) is 0 Å². The number of rotatable bonds is 9. The zero-order valence-electron chi connectivity index (χ0n) is 14.9. The van der Waals surface area contributed by atoms with E-state index in [1.54, 1.807) is 5.57 Å². The standard InChI is InChI=1S/C19H36N2/c1-16(2)8-6-9-18-10-11-19(17(3)14-18)15-20-12-7-13-21(4)5/h8,10,17,19-20H,6-7,9,11-15H2,1-5H3/t17-,19-/m1/s1. The van der Waals surface area contributed by atoms with E-state index in [4.69, 9.17) is 0 Å². The van der Waals surface area contributed by atoms with E-state index in [0.29, 0.717) is 0 Å². The molecule has 0 aliphatic heterocycles. The van der Waals surface area contributed by atoms with Gasteiger partial charge >= 0.3 is 0 Å². The normalized spacial score (nSPS) is 22.3. The second-order valence-electron chi connectivity index (χ2n) is 7.22. The van der Waals surface area contributed by atoms with Crippen molar-refractivity contribution < 1.29 is 0 Å². The third kappa shape index (κ3) is 8.43. The van der Waals surface area contributed by atoms with Crippen LogP contribution < -0.4 is 5.32 Å². The minimum Gasteiger partial charge on any atom is -0.316 e. The molecule has 0 radical (unpaired) electrons. The number of allylic oxidation sites excluding steroid dienone is 4. The van der Waals surface area contributed by atoms with E-state index in [1.807, 2.05) is 0 Å². The van der Waals surface area contributed by atoms with Crippen molar-refractivity contribution in [2.45, 2.75) is 52.9 Å². The number of hydrogen-bond donors (Lipinski definition) is 1. The summed E-state index contributed by atoms with van der Waals surface area (Å²) in [5.74, 6) is 1.66. The van der Waals surface area contributed by atoms with E-state index >= 15 is 0 Å². The number of hydrogen-bond acceptors (Lipinski definition) is 2. The van der Waals surface area contributed by atoms with Crippen molar-refractivity contribution >= 4 is 0 Å². The van der Waals surface area contributed by atoms with Crippen molar-refractivity contribution in [3.8, 4) is 0 Å². The predicted octanol–water partition coefficient (Wildman–Crippen LogP) is 4.25. The summed E-state index contributed by atoms with van der Waals surface area (Å²) in [7, 11) is 4.29. The van der Waals surface area contributed by atoms with Gasteiger partial charge in [-0.3, -0.25) is 0 Å². The van der Waals surface area contributed by atoms with Gasteiger partial charge in [-0.25, -0.2) is 0 Å². The Labute approximate surface area is 132 Å². The number of nitrogens with one attached hydrogen (secondary N) is 1. The van der Waals surface area contributed by atoms with Crippen LogP contribution in [0.25, 0.3) is 0 Å². The molecular weight excluding hydrogens is 256 g/mol. The largest absolute Gasteiger partial charge is 0.316 e. The molecule has 0 spiro atoms. The highest BCUT2D eigenvalue weighted by Gasteiger charge is 2.21. The Morgan fingerprint density at radius 3 is 2.76 bits per heavy atom. The molecule has 21 heavy (non-hydrogen) atoms. The Hall–Kier alpha value is -0.600. The van der Waals surface area contributed by atoms with Gasteiger partial charge in [0, 0.05) is 0 Å². The Kier molecular flexibility index (Phi) is 8.94. The average Bonchev–Trinajstić information content (AvgIpc) is 2.39. The summed E-state index contributed by atoms with van der Waals surface area (Å²) in [6.45, 7) is 10.3. The van der Waals surface area contributed by atoms with E-state index in [9.17, 15) is 0 Å². The van der Waals surface area contributed by atoms with Gasteiger partial charge in [0.15, 0.2) is 0 Å². The molecular formula is C19H36N2. The molecule has 0 unspecified atom stereocenters. The highest BCUT2D eigenvalue weighted by atomic mass is 15.1. The molecule has 0 fully saturated rings. The molecule has 0 bridgehead atoms. The second kappa shape index (κ2) is 10.2. The van der Waals surface area contributed by atoms with Crippen LogP contribution in [0.2, 0.25) is 0 Å². The highest BCUT2D eigenvalue weighted by molar-refractivity contribution is 5.10. The molecule has 1 aliphatic carbocycles. The zero-order chi connectivity index (χ0) is 15.7. The first-order chi connectivity index (χ1) is 9.99. The van der Waals surface area contributed by atoms with Crippen molar-refractivity contribution in [2.75, 3.05) is 33.7 Å². The SMILES string of the molecule is CC(C)=CCCC1=CC[C@H](CNCCCN(C)C)[C@H](C)C1. The third-order valence-corrected chi connectivity index (χ3v) is 4.48. The van der Waals surface area contributed by atoms with Crippen molar-refractivity contribution in [3.63, 3.8) is 0 Å². The van der Waals surface area contributed by atoms with Crippen LogP contribution in [0, 0.1) is 11.8 Å². The van der Waals surface area contributed by atoms with Crippen molar-refractivity contribution in [1.82, 2.24) is 10.2 Å². The van der Waals surface area contributed by atoms with Gasteiger partial charge in [0.2, 0.25) is 0 Å². The van der Waals surface area contributed by atoms with Gasteiger partial charge in [-0.05, 0) is 91.5 Å². The lowest BCUT2D eigenvalue weighted by atomic mass is 9.79. The fourth-order valence-corrected chi connectivity index (χ4v) is 3.06. The Morgan fingerprint density at radius 1 is 1.38 bits per heavy atom. The van der Waals surface area contributed by atoms with Gasteiger partial charge in [0.05, 0.1) is 0 Å². The van der Waals surface area contributed by atoms with Crippen molar-refractivity contribution in [1.29, 1.82) is 0 Å². The predicted molar refractivity (Wildman–Crippen MR) is 94.7 cm³/mol. The van der Waals surface area contributed by atoms with Gasteiger partial charge in [-0.1, -0.05) is 30.2 Å². The molecule has 0 saturated heterocycles. The summed E-state index contributed by atoms with van der Waals surface area (Å²) < 4.78 is 0. The molecule has 1 N–H and O–H groups in total. The minimum absolute atomic E-state index is 0.830. The molecule has 1 aliphatic rings. The van der Waals surface area contributed by atoms with E-state index in [0.717, 1.165) is 18.4 Å². The number of nitrogens with zero attached hydrogens (tertiary/aromatic N) is 1. The molecule has 0 aromatic heterocycles. The Morgan fingerprint density at radius 2 is 2.14 bits per heavy atom. The minimum atomic E-state index is 0.830. The van der Waals surface area contributed by atoms with Crippen LogP contribution in [-0.2, 0) is 0 Å². The van der Waals surface area contributed by atoms with E-state index in [1.165, 1.54) is 50.8 Å².